The third-order valence-corrected chi connectivity index (χ3v) is 5.33. The van der Waals surface area contributed by atoms with E-state index in [1.807, 2.05) is 11.3 Å². The van der Waals surface area contributed by atoms with Crippen LogP contribution in [0.15, 0.2) is 6.20 Å². The van der Waals surface area contributed by atoms with Gasteiger partial charge < -0.3 is 0 Å². The van der Waals surface area contributed by atoms with Gasteiger partial charge in [0.1, 0.15) is 0 Å². The number of nitrogens with zero attached hydrogens (tertiary/aromatic N) is 1. The van der Waals surface area contributed by atoms with Gasteiger partial charge in [-0.15, -0.1) is 11.3 Å². The molecule has 0 saturated heterocycles. The molecular formula is C14H23NS. The van der Waals surface area contributed by atoms with E-state index in [9.17, 15) is 0 Å². The van der Waals surface area contributed by atoms with E-state index < -0.39 is 0 Å². The summed E-state index contributed by atoms with van der Waals surface area (Å²) < 4.78 is 0. The summed E-state index contributed by atoms with van der Waals surface area (Å²) in [6.07, 6.45) is 7.55. The Bertz CT molecular complexity index is 351. The highest BCUT2D eigenvalue weighted by Crippen LogP contribution is 2.47. The lowest BCUT2D eigenvalue weighted by Gasteiger charge is -2.37. The summed E-state index contributed by atoms with van der Waals surface area (Å²) in [6, 6.07) is 0. The Labute approximate surface area is 103 Å². The molecule has 0 aromatic carbocycles. The zero-order valence-corrected chi connectivity index (χ0v) is 11.7. The molecule has 1 aromatic rings. The summed E-state index contributed by atoms with van der Waals surface area (Å²) >= 11 is 1.94. The molecule has 1 nitrogen and oxygen atoms in total. The number of hydrogen-bond acceptors (Lipinski definition) is 2. The minimum absolute atomic E-state index is 0.449. The highest BCUT2D eigenvalue weighted by Gasteiger charge is 2.35. The molecule has 1 aromatic heterocycles. The zero-order valence-electron chi connectivity index (χ0n) is 10.9. The monoisotopic (exact) mass is 237 g/mol. The summed E-state index contributed by atoms with van der Waals surface area (Å²) in [5, 5.41) is 1.38. The molecular weight excluding hydrogens is 214 g/mol. The van der Waals surface area contributed by atoms with Crippen LogP contribution in [0.25, 0.3) is 0 Å². The first kappa shape index (κ1) is 12.1. The van der Waals surface area contributed by atoms with Gasteiger partial charge in [-0.05, 0) is 24.2 Å². The second-order valence-electron chi connectivity index (χ2n) is 6.04. The van der Waals surface area contributed by atoms with Crippen LogP contribution in [0.1, 0.15) is 75.1 Å². The first-order chi connectivity index (χ1) is 7.50. The normalized spacial score (nSPS) is 24.9. The molecule has 1 atom stereocenters. The van der Waals surface area contributed by atoms with Crippen molar-refractivity contribution in [3.8, 4) is 0 Å². The highest BCUT2D eigenvalue weighted by molar-refractivity contribution is 7.11. The van der Waals surface area contributed by atoms with Crippen molar-refractivity contribution < 1.29 is 0 Å². The van der Waals surface area contributed by atoms with Crippen molar-refractivity contribution in [1.29, 1.82) is 0 Å². The quantitative estimate of drug-likeness (QED) is 0.709. The van der Waals surface area contributed by atoms with Gasteiger partial charge in [-0.25, -0.2) is 4.98 Å². The molecule has 2 rings (SSSR count). The Kier molecular flexibility index (Phi) is 3.39. The molecule has 1 aliphatic rings. The van der Waals surface area contributed by atoms with Crippen LogP contribution >= 0.6 is 11.3 Å². The van der Waals surface area contributed by atoms with Crippen LogP contribution < -0.4 is 0 Å². The van der Waals surface area contributed by atoms with Gasteiger partial charge in [-0.3, -0.25) is 0 Å². The van der Waals surface area contributed by atoms with Crippen LogP contribution in [0.4, 0.5) is 0 Å². The van der Waals surface area contributed by atoms with E-state index in [2.05, 4.69) is 38.9 Å². The molecule has 0 N–H and O–H groups in total. The van der Waals surface area contributed by atoms with Crippen LogP contribution in [0.5, 0.6) is 0 Å². The molecule has 2 heteroatoms. The van der Waals surface area contributed by atoms with Crippen LogP contribution in [-0.4, -0.2) is 4.98 Å². The molecule has 1 unspecified atom stereocenters. The molecule has 0 radical (unpaired) electrons. The number of hydrogen-bond donors (Lipinski definition) is 0. The molecule has 16 heavy (non-hydrogen) atoms. The molecule has 0 aliphatic heterocycles. The van der Waals surface area contributed by atoms with Crippen molar-refractivity contribution in [3.63, 3.8) is 0 Å². The third kappa shape index (κ3) is 2.32. The first-order valence-corrected chi connectivity index (χ1v) is 7.28. The lowest BCUT2D eigenvalue weighted by Crippen LogP contribution is -2.25. The van der Waals surface area contributed by atoms with E-state index in [1.54, 1.807) is 0 Å². The molecule has 0 amide bonds. The smallest absolute Gasteiger partial charge is 0.0964 e. The standard InChI is InChI=1S/C14H23NS/c1-10(2)12-9-15-13(16-12)11-7-5-6-8-14(11,3)4/h9-11H,5-8H2,1-4H3. The second-order valence-corrected chi connectivity index (χ2v) is 7.14. The third-order valence-electron chi connectivity index (χ3n) is 3.92. The van der Waals surface area contributed by atoms with Gasteiger partial charge in [-0.2, -0.15) is 0 Å². The van der Waals surface area contributed by atoms with Crippen LogP contribution in [0.3, 0.4) is 0 Å². The minimum atomic E-state index is 0.449. The molecule has 1 saturated carbocycles. The lowest BCUT2D eigenvalue weighted by molar-refractivity contribution is 0.199. The van der Waals surface area contributed by atoms with Crippen molar-refractivity contribution in [2.75, 3.05) is 0 Å². The maximum atomic E-state index is 4.68. The van der Waals surface area contributed by atoms with Crippen molar-refractivity contribution in [3.05, 3.63) is 16.1 Å². The van der Waals surface area contributed by atoms with E-state index in [0.717, 1.165) is 0 Å². The molecule has 1 heterocycles. The Morgan fingerprint density at radius 1 is 1.38 bits per heavy atom. The van der Waals surface area contributed by atoms with Crippen molar-refractivity contribution in [2.24, 2.45) is 5.41 Å². The number of aromatic nitrogens is 1. The number of rotatable bonds is 2. The largest absolute Gasteiger partial charge is 0.249 e. The van der Waals surface area contributed by atoms with Crippen molar-refractivity contribution >= 4 is 11.3 Å². The van der Waals surface area contributed by atoms with E-state index in [0.29, 0.717) is 17.3 Å². The summed E-state index contributed by atoms with van der Waals surface area (Å²) in [5.41, 5.74) is 0.449. The van der Waals surface area contributed by atoms with Crippen molar-refractivity contribution in [1.82, 2.24) is 4.98 Å². The average molecular weight is 237 g/mol. The molecule has 1 aliphatic carbocycles. The van der Waals surface area contributed by atoms with E-state index in [-0.39, 0.29) is 0 Å². The maximum absolute atomic E-state index is 4.68. The molecule has 0 bridgehead atoms. The Morgan fingerprint density at radius 3 is 2.69 bits per heavy atom. The molecule has 90 valence electrons. The Balaban J connectivity index is 2.21. The van der Waals surface area contributed by atoms with Gasteiger partial charge in [-0.1, -0.05) is 40.5 Å². The summed E-state index contributed by atoms with van der Waals surface area (Å²) in [7, 11) is 0. The van der Waals surface area contributed by atoms with Gasteiger partial charge in [0.15, 0.2) is 0 Å². The van der Waals surface area contributed by atoms with Gasteiger partial charge in [0, 0.05) is 17.0 Å². The topological polar surface area (TPSA) is 12.9 Å². The second kappa shape index (κ2) is 4.48. The predicted molar refractivity (Wildman–Crippen MR) is 71.2 cm³/mol. The SMILES string of the molecule is CC(C)c1cnc(C2CCCCC2(C)C)s1. The number of thiazole rings is 1. The first-order valence-electron chi connectivity index (χ1n) is 6.46. The highest BCUT2D eigenvalue weighted by atomic mass is 32.1. The fourth-order valence-electron chi connectivity index (χ4n) is 2.68. The lowest BCUT2D eigenvalue weighted by atomic mass is 9.69. The fraction of sp³-hybridized carbons (Fsp3) is 0.786. The predicted octanol–water partition coefficient (Wildman–Crippen LogP) is 4.95. The average Bonchev–Trinajstić information content (AvgIpc) is 2.65. The Morgan fingerprint density at radius 2 is 2.12 bits per heavy atom. The molecule has 0 spiro atoms. The molecule has 1 fully saturated rings. The minimum Gasteiger partial charge on any atom is -0.249 e. The van der Waals surface area contributed by atoms with E-state index >= 15 is 0 Å². The summed E-state index contributed by atoms with van der Waals surface area (Å²) in [6.45, 7) is 9.33. The van der Waals surface area contributed by atoms with Crippen molar-refractivity contribution in [2.45, 2.75) is 65.2 Å². The Hall–Kier alpha value is -0.370. The van der Waals surface area contributed by atoms with E-state index in [1.165, 1.54) is 35.6 Å². The summed E-state index contributed by atoms with van der Waals surface area (Å²) in [5.74, 6) is 1.32. The maximum Gasteiger partial charge on any atom is 0.0964 e. The summed E-state index contributed by atoms with van der Waals surface area (Å²) in [4.78, 5) is 6.12. The fourth-order valence-corrected chi connectivity index (χ4v) is 3.95. The van der Waals surface area contributed by atoms with Gasteiger partial charge in [0.2, 0.25) is 0 Å². The van der Waals surface area contributed by atoms with Gasteiger partial charge in [0.05, 0.1) is 5.01 Å². The van der Waals surface area contributed by atoms with E-state index in [4.69, 9.17) is 0 Å². The van der Waals surface area contributed by atoms with Gasteiger partial charge >= 0.3 is 0 Å². The van der Waals surface area contributed by atoms with Gasteiger partial charge in [0.25, 0.3) is 0 Å². The van der Waals surface area contributed by atoms with Crippen LogP contribution in [0, 0.1) is 5.41 Å². The van der Waals surface area contributed by atoms with Crippen LogP contribution in [-0.2, 0) is 0 Å². The zero-order chi connectivity index (χ0) is 11.8. The van der Waals surface area contributed by atoms with Crippen LogP contribution in [0.2, 0.25) is 0 Å².